The van der Waals surface area contributed by atoms with Crippen molar-refractivity contribution in [3.05, 3.63) is 0 Å². The Morgan fingerprint density at radius 2 is 1.69 bits per heavy atom. The summed E-state index contributed by atoms with van der Waals surface area (Å²) < 4.78 is 5.83. The van der Waals surface area contributed by atoms with Gasteiger partial charge in [0, 0.05) is 12.6 Å². The molecule has 0 aromatic heterocycles. The van der Waals surface area contributed by atoms with Gasteiger partial charge in [-0.2, -0.15) is 0 Å². The molecule has 5 unspecified atom stereocenters. The van der Waals surface area contributed by atoms with Gasteiger partial charge in [-0.15, -0.1) is 0 Å². The number of hydrogen-bond donors (Lipinski definition) is 1. The normalized spacial score (nSPS) is 46.9. The van der Waals surface area contributed by atoms with E-state index in [1.807, 2.05) is 0 Å². The second-order valence-corrected chi connectivity index (χ2v) is 6.36. The minimum absolute atomic E-state index is 0.266. The van der Waals surface area contributed by atoms with Crippen molar-refractivity contribution in [2.24, 2.45) is 29.4 Å². The smallest absolute Gasteiger partial charge is 0.0754 e. The van der Waals surface area contributed by atoms with Crippen LogP contribution in [0.25, 0.3) is 0 Å². The first-order valence-electron chi connectivity index (χ1n) is 6.95. The van der Waals surface area contributed by atoms with E-state index in [9.17, 15) is 0 Å². The fourth-order valence-corrected chi connectivity index (χ4v) is 3.80. The van der Waals surface area contributed by atoms with Gasteiger partial charge >= 0.3 is 0 Å². The van der Waals surface area contributed by atoms with Gasteiger partial charge in [-0.25, -0.2) is 0 Å². The number of hydrogen-bond acceptors (Lipinski definition) is 2. The van der Waals surface area contributed by atoms with Crippen LogP contribution in [0.15, 0.2) is 0 Å². The number of ether oxygens (including phenoxy) is 1. The van der Waals surface area contributed by atoms with E-state index in [1.54, 1.807) is 0 Å². The molecule has 2 fully saturated rings. The third kappa shape index (κ3) is 2.60. The summed E-state index contributed by atoms with van der Waals surface area (Å²) in [6, 6.07) is 0.266. The molecule has 2 aliphatic rings. The molecule has 94 valence electrons. The quantitative estimate of drug-likeness (QED) is 0.784. The molecule has 2 N–H and O–H groups in total. The zero-order valence-corrected chi connectivity index (χ0v) is 11.0. The van der Waals surface area contributed by atoms with Crippen LogP contribution in [0.2, 0.25) is 0 Å². The van der Waals surface area contributed by atoms with Crippen molar-refractivity contribution in [2.45, 2.75) is 58.6 Å². The number of rotatable bonds is 2. The van der Waals surface area contributed by atoms with E-state index in [2.05, 4.69) is 20.8 Å². The minimum Gasteiger partial charge on any atom is -0.376 e. The Morgan fingerprint density at radius 3 is 2.19 bits per heavy atom. The van der Waals surface area contributed by atoms with Gasteiger partial charge in [0.05, 0.1) is 6.10 Å². The molecule has 0 bridgehead atoms. The van der Waals surface area contributed by atoms with E-state index in [4.69, 9.17) is 10.5 Å². The molecular formula is C14H27NO. The highest BCUT2D eigenvalue weighted by Gasteiger charge is 2.37. The molecule has 16 heavy (non-hydrogen) atoms. The summed E-state index contributed by atoms with van der Waals surface area (Å²) >= 11 is 0. The first kappa shape index (κ1) is 12.4. The van der Waals surface area contributed by atoms with Crippen LogP contribution in [0.4, 0.5) is 0 Å². The molecule has 0 spiro atoms. The van der Waals surface area contributed by atoms with Crippen molar-refractivity contribution >= 4 is 0 Å². The number of nitrogens with two attached hydrogens (primary N) is 1. The minimum atomic E-state index is 0.266. The second kappa shape index (κ2) is 5.05. The molecule has 2 nitrogen and oxygen atoms in total. The van der Waals surface area contributed by atoms with Crippen LogP contribution < -0.4 is 5.73 Å². The highest BCUT2D eigenvalue weighted by atomic mass is 16.5. The van der Waals surface area contributed by atoms with E-state index in [-0.39, 0.29) is 6.04 Å². The molecule has 1 aliphatic carbocycles. The highest BCUT2D eigenvalue weighted by molar-refractivity contribution is 4.90. The van der Waals surface area contributed by atoms with Crippen LogP contribution in [-0.2, 0) is 4.74 Å². The van der Waals surface area contributed by atoms with Gasteiger partial charge in [0.2, 0.25) is 0 Å². The average Bonchev–Trinajstić information content (AvgIpc) is 2.62. The Hall–Kier alpha value is -0.0800. The molecule has 2 rings (SSSR count). The summed E-state index contributed by atoms with van der Waals surface area (Å²) in [7, 11) is 0. The van der Waals surface area contributed by atoms with E-state index in [1.165, 1.54) is 25.7 Å². The molecule has 0 aromatic rings. The largest absolute Gasteiger partial charge is 0.376 e. The summed E-state index contributed by atoms with van der Waals surface area (Å²) in [6.45, 7) is 7.94. The Labute approximate surface area is 99.9 Å². The maximum atomic E-state index is 6.44. The Kier molecular flexibility index (Phi) is 3.91. The van der Waals surface area contributed by atoms with E-state index in [0.29, 0.717) is 17.9 Å². The van der Waals surface area contributed by atoms with Gasteiger partial charge in [0.1, 0.15) is 0 Å². The molecule has 5 atom stereocenters. The third-order valence-corrected chi connectivity index (χ3v) is 4.58. The van der Waals surface area contributed by atoms with Crippen LogP contribution in [0.1, 0.15) is 46.5 Å². The fourth-order valence-electron chi connectivity index (χ4n) is 3.80. The molecule has 1 aliphatic heterocycles. The molecule has 0 amide bonds. The van der Waals surface area contributed by atoms with Crippen molar-refractivity contribution in [3.63, 3.8) is 0 Å². The summed E-state index contributed by atoms with van der Waals surface area (Å²) in [6.07, 6.45) is 5.50. The summed E-state index contributed by atoms with van der Waals surface area (Å²) in [5, 5.41) is 0. The fraction of sp³-hybridized carbons (Fsp3) is 1.00. The van der Waals surface area contributed by atoms with E-state index >= 15 is 0 Å². The van der Waals surface area contributed by atoms with Crippen LogP contribution in [0.3, 0.4) is 0 Å². The van der Waals surface area contributed by atoms with E-state index in [0.717, 1.165) is 18.4 Å². The lowest BCUT2D eigenvalue weighted by molar-refractivity contribution is 0.0373. The van der Waals surface area contributed by atoms with Crippen molar-refractivity contribution < 1.29 is 4.74 Å². The van der Waals surface area contributed by atoms with Gasteiger partial charge < -0.3 is 10.5 Å². The molecule has 0 aromatic carbocycles. The average molecular weight is 225 g/mol. The zero-order chi connectivity index (χ0) is 11.7. The molecule has 1 saturated heterocycles. The predicted molar refractivity (Wildman–Crippen MR) is 67.2 cm³/mol. The van der Waals surface area contributed by atoms with E-state index < -0.39 is 0 Å². The second-order valence-electron chi connectivity index (χ2n) is 6.36. The van der Waals surface area contributed by atoms with Crippen molar-refractivity contribution in [2.75, 3.05) is 6.61 Å². The first-order chi connectivity index (χ1) is 7.58. The Bertz CT molecular complexity index is 221. The maximum Gasteiger partial charge on any atom is 0.0754 e. The summed E-state index contributed by atoms with van der Waals surface area (Å²) in [4.78, 5) is 0. The third-order valence-electron chi connectivity index (χ3n) is 4.58. The van der Waals surface area contributed by atoms with Gasteiger partial charge in [-0.1, -0.05) is 20.8 Å². The van der Waals surface area contributed by atoms with Crippen LogP contribution in [0, 0.1) is 23.7 Å². The Balaban J connectivity index is 1.95. The molecule has 1 saturated carbocycles. The van der Waals surface area contributed by atoms with Gasteiger partial charge in [-0.05, 0) is 49.4 Å². The zero-order valence-electron chi connectivity index (χ0n) is 11.0. The molecular weight excluding hydrogens is 198 g/mol. The van der Waals surface area contributed by atoms with Gasteiger partial charge in [0.25, 0.3) is 0 Å². The summed E-state index contributed by atoms with van der Waals surface area (Å²) in [5.41, 5.74) is 6.44. The lowest BCUT2D eigenvalue weighted by Crippen LogP contribution is -2.46. The van der Waals surface area contributed by atoms with Gasteiger partial charge in [0.15, 0.2) is 0 Å². The maximum absolute atomic E-state index is 6.44. The van der Waals surface area contributed by atoms with Crippen molar-refractivity contribution in [3.8, 4) is 0 Å². The van der Waals surface area contributed by atoms with Gasteiger partial charge in [-0.3, -0.25) is 0 Å². The SMILES string of the molecule is CC1CC(C)CC(C(N)C2OCCC2C)C1. The first-order valence-corrected chi connectivity index (χ1v) is 6.95. The topological polar surface area (TPSA) is 35.2 Å². The molecule has 2 heteroatoms. The predicted octanol–water partition coefficient (Wildman–Crippen LogP) is 2.81. The monoisotopic (exact) mass is 225 g/mol. The van der Waals surface area contributed by atoms with Crippen LogP contribution >= 0.6 is 0 Å². The summed E-state index contributed by atoms with van der Waals surface area (Å²) in [5.74, 6) is 3.03. The van der Waals surface area contributed by atoms with Crippen LogP contribution in [0.5, 0.6) is 0 Å². The molecule has 0 radical (unpaired) electrons. The van der Waals surface area contributed by atoms with Crippen molar-refractivity contribution in [1.29, 1.82) is 0 Å². The van der Waals surface area contributed by atoms with Crippen LogP contribution in [-0.4, -0.2) is 18.8 Å². The lowest BCUT2D eigenvalue weighted by atomic mass is 9.72. The standard InChI is InChI=1S/C14H27NO/c1-9-6-10(2)8-12(7-9)13(15)14-11(3)4-5-16-14/h9-14H,4-8,15H2,1-3H3. The lowest BCUT2D eigenvalue weighted by Gasteiger charge is -2.37. The van der Waals surface area contributed by atoms with Crippen molar-refractivity contribution in [1.82, 2.24) is 0 Å². The Morgan fingerprint density at radius 1 is 1.06 bits per heavy atom. The molecule has 1 heterocycles. The highest BCUT2D eigenvalue weighted by Crippen LogP contribution is 2.37.